The Hall–Kier alpha value is -3.00. The second-order valence-corrected chi connectivity index (χ2v) is 8.13. The Morgan fingerprint density at radius 2 is 1.91 bits per heavy atom. The van der Waals surface area contributed by atoms with Gasteiger partial charge in [0.2, 0.25) is 5.91 Å². The molecular formula is C24H30N4O4. The minimum atomic E-state index is -0.156. The molecule has 1 aromatic heterocycles. The number of likely N-dealkylation sites (tertiary alicyclic amines) is 1. The second-order valence-electron chi connectivity index (χ2n) is 8.13. The quantitative estimate of drug-likeness (QED) is 0.689. The molecule has 2 amide bonds. The molecule has 1 atom stereocenters. The van der Waals surface area contributed by atoms with Crippen molar-refractivity contribution in [2.75, 3.05) is 39.5 Å². The first-order valence-electron chi connectivity index (χ1n) is 11.3. The van der Waals surface area contributed by atoms with Gasteiger partial charge in [0.05, 0.1) is 43.5 Å². The molecule has 1 aromatic carbocycles. The predicted molar refractivity (Wildman–Crippen MR) is 118 cm³/mol. The van der Waals surface area contributed by atoms with Gasteiger partial charge in [0, 0.05) is 25.8 Å². The van der Waals surface area contributed by atoms with Crippen LogP contribution in [0.15, 0.2) is 30.5 Å². The monoisotopic (exact) mass is 438 g/mol. The van der Waals surface area contributed by atoms with Gasteiger partial charge in [-0.1, -0.05) is 12.1 Å². The van der Waals surface area contributed by atoms with Crippen LogP contribution < -0.4 is 4.74 Å². The highest BCUT2D eigenvalue weighted by Crippen LogP contribution is 2.31. The van der Waals surface area contributed by atoms with Crippen molar-refractivity contribution in [3.05, 3.63) is 53.1 Å². The van der Waals surface area contributed by atoms with Gasteiger partial charge >= 0.3 is 0 Å². The van der Waals surface area contributed by atoms with Crippen molar-refractivity contribution < 1.29 is 19.1 Å². The number of aromatic nitrogens is 2. The van der Waals surface area contributed by atoms with Crippen LogP contribution in [0.4, 0.5) is 0 Å². The van der Waals surface area contributed by atoms with Crippen LogP contribution in [0.5, 0.6) is 5.75 Å². The van der Waals surface area contributed by atoms with Crippen LogP contribution in [0, 0.1) is 6.92 Å². The second kappa shape index (κ2) is 10.1. The molecule has 0 bridgehead atoms. The molecule has 4 rings (SSSR count). The fourth-order valence-electron chi connectivity index (χ4n) is 4.27. The van der Waals surface area contributed by atoms with Crippen molar-refractivity contribution in [3.63, 3.8) is 0 Å². The van der Waals surface area contributed by atoms with Gasteiger partial charge in [-0.25, -0.2) is 9.97 Å². The third-order valence-corrected chi connectivity index (χ3v) is 5.99. The van der Waals surface area contributed by atoms with Gasteiger partial charge in [0.1, 0.15) is 5.75 Å². The summed E-state index contributed by atoms with van der Waals surface area (Å²) < 4.78 is 10.8. The molecule has 2 aliphatic heterocycles. The lowest BCUT2D eigenvalue weighted by Crippen LogP contribution is -2.41. The summed E-state index contributed by atoms with van der Waals surface area (Å²) in [7, 11) is 0. The van der Waals surface area contributed by atoms with Crippen LogP contribution in [0.3, 0.4) is 0 Å². The largest absolute Gasteiger partial charge is 0.494 e. The Kier molecular flexibility index (Phi) is 6.99. The molecule has 3 heterocycles. The van der Waals surface area contributed by atoms with E-state index in [0.717, 1.165) is 24.2 Å². The zero-order chi connectivity index (χ0) is 22.5. The maximum Gasteiger partial charge on any atom is 0.257 e. The Bertz CT molecular complexity index is 957. The average molecular weight is 439 g/mol. The minimum Gasteiger partial charge on any atom is -0.494 e. The normalized spacial score (nSPS) is 18.6. The molecule has 2 fully saturated rings. The summed E-state index contributed by atoms with van der Waals surface area (Å²) in [5, 5.41) is 0. The number of carbonyl (C=O) groups is 2. The van der Waals surface area contributed by atoms with E-state index in [1.54, 1.807) is 11.1 Å². The van der Waals surface area contributed by atoms with Gasteiger partial charge in [0.25, 0.3) is 5.91 Å². The molecule has 0 N–H and O–H groups in total. The summed E-state index contributed by atoms with van der Waals surface area (Å²) >= 11 is 0. The van der Waals surface area contributed by atoms with Gasteiger partial charge in [0.15, 0.2) is 5.82 Å². The number of rotatable bonds is 6. The van der Waals surface area contributed by atoms with E-state index in [2.05, 4.69) is 9.97 Å². The third-order valence-electron chi connectivity index (χ3n) is 5.99. The lowest BCUT2D eigenvalue weighted by Gasteiger charge is -2.27. The molecule has 2 aliphatic rings. The smallest absolute Gasteiger partial charge is 0.257 e. The van der Waals surface area contributed by atoms with E-state index < -0.39 is 0 Å². The first-order chi connectivity index (χ1) is 15.6. The van der Waals surface area contributed by atoms with Crippen LogP contribution >= 0.6 is 0 Å². The molecule has 0 aliphatic carbocycles. The Balaban J connectivity index is 1.44. The minimum absolute atomic E-state index is 0.0615. The molecule has 2 aromatic rings. The Labute approximate surface area is 188 Å². The van der Waals surface area contributed by atoms with Crippen molar-refractivity contribution in [1.82, 2.24) is 19.8 Å². The predicted octanol–water partition coefficient (Wildman–Crippen LogP) is 2.56. The van der Waals surface area contributed by atoms with Crippen LogP contribution in [0.25, 0.3) is 0 Å². The lowest BCUT2D eigenvalue weighted by atomic mass is 10.1. The Morgan fingerprint density at radius 3 is 2.59 bits per heavy atom. The molecule has 32 heavy (non-hydrogen) atoms. The lowest BCUT2D eigenvalue weighted by molar-refractivity contribution is -0.131. The third kappa shape index (κ3) is 4.91. The summed E-state index contributed by atoms with van der Waals surface area (Å²) in [6.45, 7) is 7.35. The number of hydrogen-bond acceptors (Lipinski definition) is 6. The highest BCUT2D eigenvalue weighted by atomic mass is 16.5. The van der Waals surface area contributed by atoms with Crippen molar-refractivity contribution in [2.45, 2.75) is 39.2 Å². The number of amides is 2. The molecule has 170 valence electrons. The number of ether oxygens (including phenoxy) is 2. The van der Waals surface area contributed by atoms with E-state index in [-0.39, 0.29) is 17.9 Å². The van der Waals surface area contributed by atoms with E-state index in [1.165, 1.54) is 0 Å². The maximum absolute atomic E-state index is 13.0. The van der Waals surface area contributed by atoms with Crippen LogP contribution in [-0.2, 0) is 16.0 Å². The number of carbonyl (C=O) groups excluding carboxylic acids is 2. The highest BCUT2D eigenvalue weighted by molar-refractivity contribution is 5.95. The number of aryl methyl sites for hydroxylation is 1. The van der Waals surface area contributed by atoms with E-state index in [1.807, 2.05) is 43.0 Å². The molecule has 2 saturated heterocycles. The van der Waals surface area contributed by atoms with E-state index in [0.29, 0.717) is 63.0 Å². The Morgan fingerprint density at radius 1 is 1.16 bits per heavy atom. The fourth-order valence-corrected chi connectivity index (χ4v) is 4.27. The topological polar surface area (TPSA) is 84.9 Å². The summed E-state index contributed by atoms with van der Waals surface area (Å²) in [5.74, 6) is 1.41. The summed E-state index contributed by atoms with van der Waals surface area (Å²) in [6.07, 6.45) is 3.68. The summed E-state index contributed by atoms with van der Waals surface area (Å²) in [5.41, 5.74) is 2.12. The number of morpholine rings is 1. The zero-order valence-electron chi connectivity index (χ0n) is 18.7. The standard InChI is InChI=1S/C24H30N4O4/c1-3-32-19-8-6-18(7-9-19)15-22(29)28-10-4-5-21(28)23-25-16-20(17(2)26-23)24(30)27-11-13-31-14-12-27/h6-9,16,21H,3-5,10-15H2,1-2H3. The molecule has 1 unspecified atom stereocenters. The zero-order valence-corrected chi connectivity index (χ0v) is 18.7. The summed E-state index contributed by atoms with van der Waals surface area (Å²) in [4.78, 5) is 38.6. The average Bonchev–Trinajstić information content (AvgIpc) is 3.31. The van der Waals surface area contributed by atoms with Gasteiger partial charge in [-0.05, 0) is 44.4 Å². The summed E-state index contributed by atoms with van der Waals surface area (Å²) in [6, 6.07) is 7.49. The molecule has 8 heteroatoms. The van der Waals surface area contributed by atoms with E-state index in [9.17, 15) is 9.59 Å². The van der Waals surface area contributed by atoms with Crippen LogP contribution in [0.2, 0.25) is 0 Å². The maximum atomic E-state index is 13.0. The van der Waals surface area contributed by atoms with Gasteiger partial charge in [-0.15, -0.1) is 0 Å². The van der Waals surface area contributed by atoms with Gasteiger partial charge < -0.3 is 19.3 Å². The first kappa shape index (κ1) is 22.2. The van der Waals surface area contributed by atoms with Crippen molar-refractivity contribution >= 4 is 11.8 Å². The van der Waals surface area contributed by atoms with E-state index in [4.69, 9.17) is 9.47 Å². The first-order valence-corrected chi connectivity index (χ1v) is 11.3. The molecule has 8 nitrogen and oxygen atoms in total. The van der Waals surface area contributed by atoms with E-state index >= 15 is 0 Å². The SMILES string of the molecule is CCOc1ccc(CC(=O)N2CCCC2c2ncc(C(=O)N3CCOCC3)c(C)n2)cc1. The number of hydrogen-bond donors (Lipinski definition) is 0. The van der Waals surface area contributed by atoms with Crippen molar-refractivity contribution in [1.29, 1.82) is 0 Å². The van der Waals surface area contributed by atoms with Crippen LogP contribution in [-0.4, -0.2) is 71.0 Å². The van der Waals surface area contributed by atoms with Gasteiger partial charge in [-0.2, -0.15) is 0 Å². The molecule has 0 radical (unpaired) electrons. The van der Waals surface area contributed by atoms with Crippen molar-refractivity contribution in [2.24, 2.45) is 0 Å². The number of benzene rings is 1. The molecule has 0 spiro atoms. The molecular weight excluding hydrogens is 408 g/mol. The fraction of sp³-hybridized carbons (Fsp3) is 0.500. The van der Waals surface area contributed by atoms with Gasteiger partial charge in [-0.3, -0.25) is 9.59 Å². The highest BCUT2D eigenvalue weighted by Gasteiger charge is 2.32. The molecule has 0 saturated carbocycles. The van der Waals surface area contributed by atoms with Crippen molar-refractivity contribution in [3.8, 4) is 5.75 Å². The van der Waals surface area contributed by atoms with Crippen LogP contribution in [0.1, 0.15) is 53.2 Å². The number of nitrogens with zero attached hydrogens (tertiary/aromatic N) is 4.